The van der Waals surface area contributed by atoms with E-state index in [0.29, 0.717) is 22.8 Å². The number of rotatable bonds is 13. The largest absolute Gasteiger partial charge is 0.495 e. The van der Waals surface area contributed by atoms with E-state index in [9.17, 15) is 14.7 Å². The predicted molar refractivity (Wildman–Crippen MR) is 171 cm³/mol. The summed E-state index contributed by atoms with van der Waals surface area (Å²) in [5.41, 5.74) is -0.180. The molecule has 0 bridgehead atoms. The van der Waals surface area contributed by atoms with Crippen molar-refractivity contribution >= 4 is 38.9 Å². The fourth-order valence-electron chi connectivity index (χ4n) is 4.08. The number of carbonyl (C=O) groups excluding carboxylic acids is 1. The molecule has 1 aromatic rings. The quantitative estimate of drug-likeness (QED) is 0.188. The first-order valence-corrected chi connectivity index (χ1v) is 17.7. The Labute approximate surface area is 258 Å². The molecule has 1 saturated heterocycles. The second kappa shape index (κ2) is 14.1. The molecule has 1 unspecified atom stereocenters. The Balaban J connectivity index is 2.13. The highest BCUT2D eigenvalue weighted by atomic mass is 35.5. The minimum Gasteiger partial charge on any atom is -0.495 e. The van der Waals surface area contributed by atoms with Gasteiger partial charge in [-0.2, -0.15) is 0 Å². The van der Waals surface area contributed by atoms with Gasteiger partial charge in [-0.25, -0.2) is 4.79 Å². The molecule has 2 rings (SSSR count). The molecule has 0 aromatic heterocycles. The standard InChI is InChI=1S/C31H49BClNO7Si/c1-21(17-18-32-40-30(5,6)31(7,8)41-32)25(39-42(10,11)29(2,3)4)13-12-14-27(35)34-24(28(36)37)20-22-15-16-26(38-9)23(33)19-22/h12,14-19,21,24-25H,13,20H2,1-11H3,(H,34,35)(H,36,37)/b14-12+,18-17+/t21-,24?,25+/m1/s1. The maximum atomic E-state index is 12.7. The highest BCUT2D eigenvalue weighted by molar-refractivity contribution is 6.74. The Hall–Kier alpha value is -2.11. The molecule has 0 aliphatic carbocycles. The van der Waals surface area contributed by atoms with Crippen LogP contribution in [0.2, 0.25) is 23.2 Å². The Morgan fingerprint density at radius 3 is 2.26 bits per heavy atom. The van der Waals surface area contributed by atoms with Crippen molar-refractivity contribution in [2.24, 2.45) is 5.92 Å². The van der Waals surface area contributed by atoms with Crippen molar-refractivity contribution in [3.63, 3.8) is 0 Å². The maximum Gasteiger partial charge on any atom is 0.486 e. The molecule has 1 aromatic carbocycles. The van der Waals surface area contributed by atoms with Crippen LogP contribution in [0, 0.1) is 5.92 Å². The molecule has 234 valence electrons. The van der Waals surface area contributed by atoms with Gasteiger partial charge in [-0.15, -0.1) is 0 Å². The number of halogens is 1. The number of aliphatic carboxylic acids is 1. The van der Waals surface area contributed by atoms with Gasteiger partial charge in [-0.1, -0.05) is 63.5 Å². The van der Waals surface area contributed by atoms with Crippen molar-refractivity contribution in [2.45, 2.75) is 110 Å². The molecule has 0 spiro atoms. The van der Waals surface area contributed by atoms with E-state index in [1.807, 2.05) is 39.7 Å². The number of methoxy groups -OCH3 is 1. The average molecular weight is 622 g/mol. The first-order chi connectivity index (χ1) is 19.2. The molecule has 2 N–H and O–H groups in total. The van der Waals surface area contributed by atoms with Crippen molar-refractivity contribution in [1.82, 2.24) is 5.32 Å². The summed E-state index contributed by atoms with van der Waals surface area (Å²) in [5.74, 6) is 0.798. The van der Waals surface area contributed by atoms with E-state index in [-0.39, 0.29) is 23.5 Å². The van der Waals surface area contributed by atoms with Crippen LogP contribution in [0.25, 0.3) is 0 Å². The molecule has 0 radical (unpaired) electrons. The zero-order valence-electron chi connectivity index (χ0n) is 27.0. The fraction of sp³-hybridized carbons (Fsp3) is 0.613. The summed E-state index contributed by atoms with van der Waals surface area (Å²) in [6, 6.07) is 3.92. The second-order valence-electron chi connectivity index (χ2n) is 13.5. The van der Waals surface area contributed by atoms with Crippen molar-refractivity contribution in [2.75, 3.05) is 7.11 Å². The monoisotopic (exact) mass is 621 g/mol. The molecule has 1 aliphatic heterocycles. The summed E-state index contributed by atoms with van der Waals surface area (Å²) < 4.78 is 24.1. The molecule has 42 heavy (non-hydrogen) atoms. The lowest BCUT2D eigenvalue weighted by atomic mass is 9.87. The Morgan fingerprint density at radius 2 is 1.76 bits per heavy atom. The number of carboxylic acids is 1. The SMILES string of the molecule is COc1ccc(CC(NC(=O)/C=C/C[C@H](O[Si](C)(C)C(C)(C)C)[C@H](C)/C=C/B2OC(C)(C)C(C)(C)O2)C(=O)O)cc1Cl. The van der Waals surface area contributed by atoms with Gasteiger partial charge in [0.1, 0.15) is 11.8 Å². The van der Waals surface area contributed by atoms with Gasteiger partial charge in [-0.05, 0) is 81.9 Å². The normalized spacial score (nSPS) is 19.2. The molecule has 0 saturated carbocycles. The molecule has 3 atom stereocenters. The van der Waals surface area contributed by atoms with Crippen molar-refractivity contribution in [1.29, 1.82) is 0 Å². The van der Waals surface area contributed by atoms with Crippen molar-refractivity contribution < 1.29 is 33.2 Å². The summed E-state index contributed by atoms with van der Waals surface area (Å²) in [6.45, 7) is 21.1. The number of hydrogen-bond acceptors (Lipinski definition) is 6. The third kappa shape index (κ3) is 9.71. The van der Waals surface area contributed by atoms with Gasteiger partial charge in [0.15, 0.2) is 8.32 Å². The molecule has 11 heteroatoms. The van der Waals surface area contributed by atoms with Crippen LogP contribution in [-0.4, -0.2) is 62.9 Å². The topological polar surface area (TPSA) is 103 Å². The van der Waals surface area contributed by atoms with E-state index in [1.54, 1.807) is 24.3 Å². The van der Waals surface area contributed by atoms with Crippen LogP contribution in [0.1, 0.15) is 67.4 Å². The molecular weight excluding hydrogens is 573 g/mol. The van der Waals surface area contributed by atoms with Gasteiger partial charge in [0.25, 0.3) is 0 Å². The number of benzene rings is 1. The number of amides is 1. The number of carbonyl (C=O) groups is 2. The zero-order valence-corrected chi connectivity index (χ0v) is 28.8. The van der Waals surface area contributed by atoms with Gasteiger partial charge in [0.05, 0.1) is 29.4 Å². The summed E-state index contributed by atoms with van der Waals surface area (Å²) in [5, 5.41) is 12.7. The molecule has 1 heterocycles. The third-order valence-corrected chi connectivity index (χ3v) is 13.4. The molecule has 1 fully saturated rings. The third-order valence-electron chi connectivity index (χ3n) is 8.59. The number of hydrogen-bond donors (Lipinski definition) is 2. The van der Waals surface area contributed by atoms with Gasteiger partial charge in [0.2, 0.25) is 5.91 Å². The van der Waals surface area contributed by atoms with E-state index >= 15 is 0 Å². The number of carboxylic acid groups (broad SMARTS) is 1. The predicted octanol–water partition coefficient (Wildman–Crippen LogP) is 6.62. The lowest BCUT2D eigenvalue weighted by molar-refractivity contribution is -0.141. The van der Waals surface area contributed by atoms with Crippen molar-refractivity contribution in [3.8, 4) is 5.75 Å². The highest BCUT2D eigenvalue weighted by Crippen LogP contribution is 2.39. The summed E-state index contributed by atoms with van der Waals surface area (Å²) >= 11 is 6.18. The van der Waals surface area contributed by atoms with E-state index in [0.717, 1.165) is 0 Å². The van der Waals surface area contributed by atoms with Gasteiger partial charge in [-0.3, -0.25) is 4.79 Å². The fourth-order valence-corrected chi connectivity index (χ4v) is 5.79. The van der Waals surface area contributed by atoms with Crippen LogP contribution in [0.15, 0.2) is 42.4 Å². The van der Waals surface area contributed by atoms with Crippen LogP contribution < -0.4 is 10.1 Å². The van der Waals surface area contributed by atoms with Crippen LogP contribution in [0.5, 0.6) is 5.75 Å². The molecule has 8 nitrogen and oxygen atoms in total. The average Bonchev–Trinajstić information content (AvgIpc) is 3.06. The lowest BCUT2D eigenvalue weighted by Crippen LogP contribution is -2.45. The van der Waals surface area contributed by atoms with Crippen LogP contribution >= 0.6 is 11.6 Å². The van der Waals surface area contributed by atoms with Gasteiger partial charge in [0, 0.05) is 6.42 Å². The smallest absolute Gasteiger partial charge is 0.486 e. The van der Waals surface area contributed by atoms with Crippen LogP contribution in [0.4, 0.5) is 0 Å². The van der Waals surface area contributed by atoms with Gasteiger partial charge >= 0.3 is 13.1 Å². The summed E-state index contributed by atoms with van der Waals surface area (Å²) in [4.78, 5) is 24.6. The first-order valence-electron chi connectivity index (χ1n) is 14.4. The lowest BCUT2D eigenvalue weighted by Gasteiger charge is -2.40. The highest BCUT2D eigenvalue weighted by Gasteiger charge is 2.50. The van der Waals surface area contributed by atoms with E-state index in [2.05, 4.69) is 46.1 Å². The van der Waals surface area contributed by atoms with Crippen molar-refractivity contribution in [3.05, 3.63) is 53.0 Å². The zero-order chi connectivity index (χ0) is 32.1. The Bertz CT molecular complexity index is 1150. The first kappa shape index (κ1) is 36.1. The van der Waals surface area contributed by atoms with Crippen LogP contribution in [-0.2, 0) is 29.7 Å². The second-order valence-corrected chi connectivity index (χ2v) is 18.7. The minimum absolute atomic E-state index is 0.000554. The maximum absolute atomic E-state index is 12.7. The number of nitrogens with one attached hydrogen (secondary N) is 1. The Morgan fingerprint density at radius 1 is 1.17 bits per heavy atom. The molecular formula is C31H49BClNO7Si. The minimum atomic E-state index is -2.14. The summed E-state index contributed by atoms with van der Waals surface area (Å²) in [7, 11) is -1.09. The Kier molecular flexibility index (Phi) is 12.1. The number of ether oxygens (including phenoxy) is 1. The molecule has 1 aliphatic rings. The van der Waals surface area contributed by atoms with E-state index in [4.69, 9.17) is 30.1 Å². The van der Waals surface area contributed by atoms with E-state index < -0.39 is 44.6 Å². The van der Waals surface area contributed by atoms with Gasteiger partial charge < -0.3 is 28.9 Å². The summed E-state index contributed by atoms with van der Waals surface area (Å²) in [6.07, 6.45) is 5.52. The van der Waals surface area contributed by atoms with Crippen LogP contribution in [0.3, 0.4) is 0 Å². The van der Waals surface area contributed by atoms with E-state index in [1.165, 1.54) is 13.2 Å². The molecule has 1 amide bonds.